The molecule has 2 aliphatic rings. The summed E-state index contributed by atoms with van der Waals surface area (Å²) in [6.07, 6.45) is -2.91. The van der Waals surface area contributed by atoms with Gasteiger partial charge in [-0.25, -0.2) is 18.3 Å². The van der Waals surface area contributed by atoms with Gasteiger partial charge in [-0.2, -0.15) is 18.3 Å². The molecule has 1 atom stereocenters. The van der Waals surface area contributed by atoms with Gasteiger partial charge in [0.2, 0.25) is 5.91 Å². The van der Waals surface area contributed by atoms with Gasteiger partial charge in [0.25, 0.3) is 5.92 Å². The van der Waals surface area contributed by atoms with Crippen molar-refractivity contribution in [3.63, 3.8) is 0 Å². The van der Waals surface area contributed by atoms with Crippen molar-refractivity contribution in [2.75, 3.05) is 13.1 Å². The van der Waals surface area contributed by atoms with Crippen molar-refractivity contribution in [3.05, 3.63) is 44.9 Å². The molecule has 2 aliphatic heterocycles. The molecule has 1 fully saturated rings. The number of amides is 1. The van der Waals surface area contributed by atoms with Crippen LogP contribution in [0.5, 0.6) is 0 Å². The van der Waals surface area contributed by atoms with E-state index < -0.39 is 48.3 Å². The summed E-state index contributed by atoms with van der Waals surface area (Å²) < 4.78 is 67.7. The molecule has 1 unspecified atom stereocenters. The van der Waals surface area contributed by atoms with Crippen molar-refractivity contribution in [3.8, 4) is 0 Å². The SMILES string of the molecule is O=C(C1CCCc2nn(CCc3ncc(C(F)(F)F)cc3Cl)c(=O)n21)N1CCC(F)(F)C1. The molecule has 4 heterocycles. The Morgan fingerprint density at radius 3 is 2.69 bits per heavy atom. The molecule has 0 spiro atoms. The molecule has 0 aliphatic carbocycles. The van der Waals surface area contributed by atoms with E-state index in [1.807, 2.05) is 0 Å². The van der Waals surface area contributed by atoms with E-state index in [4.69, 9.17) is 11.6 Å². The highest BCUT2D eigenvalue weighted by atomic mass is 35.5. The molecular formula is C19H19ClF5N5O2. The highest BCUT2D eigenvalue weighted by molar-refractivity contribution is 6.31. The zero-order chi connectivity index (χ0) is 23.3. The van der Waals surface area contributed by atoms with Gasteiger partial charge in [0.05, 0.1) is 29.4 Å². The second-order valence-corrected chi connectivity index (χ2v) is 8.37. The maximum atomic E-state index is 13.5. The summed E-state index contributed by atoms with van der Waals surface area (Å²) in [7, 11) is 0. The lowest BCUT2D eigenvalue weighted by Crippen LogP contribution is -2.42. The molecule has 0 radical (unpaired) electrons. The molecule has 2 aromatic heterocycles. The summed E-state index contributed by atoms with van der Waals surface area (Å²) in [5.74, 6) is -3.09. The number of carbonyl (C=O) groups excluding carboxylic acids is 1. The van der Waals surface area contributed by atoms with Gasteiger partial charge in [0, 0.05) is 32.0 Å². The molecule has 0 bridgehead atoms. The molecule has 0 saturated carbocycles. The minimum atomic E-state index is -4.57. The van der Waals surface area contributed by atoms with Crippen LogP contribution in [0.25, 0.3) is 0 Å². The van der Waals surface area contributed by atoms with Crippen molar-refractivity contribution in [1.82, 2.24) is 24.2 Å². The molecule has 7 nitrogen and oxygen atoms in total. The number of alkyl halides is 5. The van der Waals surface area contributed by atoms with Crippen molar-refractivity contribution >= 4 is 17.5 Å². The quantitative estimate of drug-likeness (QED) is 0.632. The van der Waals surface area contributed by atoms with Gasteiger partial charge in [-0.3, -0.25) is 14.3 Å². The molecule has 13 heteroatoms. The summed E-state index contributed by atoms with van der Waals surface area (Å²) in [6.45, 7) is -0.753. The zero-order valence-electron chi connectivity index (χ0n) is 16.7. The molecule has 174 valence electrons. The van der Waals surface area contributed by atoms with E-state index in [9.17, 15) is 31.5 Å². The third kappa shape index (κ3) is 4.37. The maximum absolute atomic E-state index is 13.5. The molecule has 0 N–H and O–H groups in total. The van der Waals surface area contributed by atoms with Gasteiger partial charge in [-0.15, -0.1) is 0 Å². The fourth-order valence-electron chi connectivity index (χ4n) is 4.06. The number of rotatable bonds is 4. The van der Waals surface area contributed by atoms with Gasteiger partial charge in [0.15, 0.2) is 0 Å². The predicted octanol–water partition coefficient (Wildman–Crippen LogP) is 3.10. The number of hydrogen-bond acceptors (Lipinski definition) is 4. The maximum Gasteiger partial charge on any atom is 0.417 e. The van der Waals surface area contributed by atoms with Gasteiger partial charge < -0.3 is 4.90 Å². The van der Waals surface area contributed by atoms with E-state index in [2.05, 4.69) is 10.1 Å². The Balaban J connectivity index is 1.52. The Labute approximate surface area is 183 Å². The summed E-state index contributed by atoms with van der Waals surface area (Å²) in [4.78, 5) is 30.6. The van der Waals surface area contributed by atoms with Crippen LogP contribution in [0, 0.1) is 0 Å². The second-order valence-electron chi connectivity index (χ2n) is 7.97. The third-order valence-electron chi connectivity index (χ3n) is 5.70. The molecule has 1 saturated heterocycles. The van der Waals surface area contributed by atoms with Crippen molar-refractivity contribution < 1.29 is 26.7 Å². The number of aromatic nitrogens is 4. The van der Waals surface area contributed by atoms with Crippen LogP contribution in [0.3, 0.4) is 0 Å². The van der Waals surface area contributed by atoms with E-state index in [0.29, 0.717) is 31.3 Å². The van der Waals surface area contributed by atoms with E-state index >= 15 is 0 Å². The average Bonchev–Trinajstić information content (AvgIpc) is 3.25. The first-order chi connectivity index (χ1) is 15.0. The van der Waals surface area contributed by atoms with Crippen molar-refractivity contribution in [1.29, 1.82) is 0 Å². The number of carbonyl (C=O) groups is 1. The molecule has 32 heavy (non-hydrogen) atoms. The molecule has 2 aromatic rings. The van der Waals surface area contributed by atoms with E-state index in [-0.39, 0.29) is 30.2 Å². The first kappa shape index (κ1) is 22.7. The standard InChI is InChI=1S/C19H19ClF5N5O2/c20-12-8-11(19(23,24)25)9-26-13(12)4-6-29-17(32)30-14(2-1-3-15(30)27-29)16(31)28-7-5-18(21,22)10-28/h8-9,14H,1-7,10H2. The minimum Gasteiger partial charge on any atom is -0.335 e. The molecule has 1 amide bonds. The van der Waals surface area contributed by atoms with E-state index in [0.717, 1.165) is 15.6 Å². The van der Waals surface area contributed by atoms with E-state index in [1.165, 1.54) is 4.57 Å². The van der Waals surface area contributed by atoms with Crippen LogP contribution >= 0.6 is 11.6 Å². The number of fused-ring (bicyclic) bond motifs is 1. The summed E-state index contributed by atoms with van der Waals surface area (Å²) in [5, 5.41) is 4.06. The van der Waals surface area contributed by atoms with Crippen molar-refractivity contribution in [2.45, 2.75) is 56.8 Å². The zero-order valence-corrected chi connectivity index (χ0v) is 17.5. The van der Waals surface area contributed by atoms with Crippen LogP contribution in [-0.2, 0) is 30.4 Å². The van der Waals surface area contributed by atoms with Gasteiger partial charge in [0.1, 0.15) is 11.9 Å². The number of aryl methyl sites for hydroxylation is 3. The number of nitrogens with zero attached hydrogens (tertiary/aromatic N) is 5. The smallest absolute Gasteiger partial charge is 0.335 e. The van der Waals surface area contributed by atoms with Crippen LogP contribution in [0.4, 0.5) is 22.0 Å². The van der Waals surface area contributed by atoms with Crippen LogP contribution in [0.15, 0.2) is 17.1 Å². The monoisotopic (exact) mass is 479 g/mol. The van der Waals surface area contributed by atoms with Gasteiger partial charge >= 0.3 is 11.9 Å². The van der Waals surface area contributed by atoms with Gasteiger partial charge in [-0.05, 0) is 18.9 Å². The highest BCUT2D eigenvalue weighted by Gasteiger charge is 2.43. The molecule has 4 rings (SSSR count). The largest absolute Gasteiger partial charge is 0.417 e. The Hall–Kier alpha value is -2.50. The Bertz CT molecular complexity index is 1100. The normalized spacial score (nSPS) is 20.4. The van der Waals surface area contributed by atoms with Crippen LogP contribution in [0.1, 0.15) is 42.4 Å². The fourth-order valence-corrected chi connectivity index (χ4v) is 4.32. The van der Waals surface area contributed by atoms with Crippen LogP contribution in [0.2, 0.25) is 5.02 Å². The Kier molecular flexibility index (Phi) is 5.76. The summed E-state index contributed by atoms with van der Waals surface area (Å²) in [5.41, 5.74) is -1.38. The van der Waals surface area contributed by atoms with Crippen LogP contribution < -0.4 is 5.69 Å². The first-order valence-electron chi connectivity index (χ1n) is 10.0. The number of hydrogen-bond donors (Lipinski definition) is 0. The number of pyridine rings is 1. The van der Waals surface area contributed by atoms with Gasteiger partial charge in [-0.1, -0.05) is 11.6 Å². The minimum absolute atomic E-state index is 0.0143. The van der Waals surface area contributed by atoms with Crippen molar-refractivity contribution in [2.24, 2.45) is 0 Å². The Morgan fingerprint density at radius 2 is 2.06 bits per heavy atom. The van der Waals surface area contributed by atoms with E-state index in [1.54, 1.807) is 0 Å². The van der Waals surface area contributed by atoms with Crippen LogP contribution in [-0.4, -0.2) is 49.2 Å². The highest BCUT2D eigenvalue weighted by Crippen LogP contribution is 2.32. The number of likely N-dealkylation sites (tertiary alicyclic amines) is 1. The Morgan fingerprint density at radius 1 is 1.31 bits per heavy atom. The lowest BCUT2D eigenvalue weighted by atomic mass is 10.0. The average molecular weight is 480 g/mol. The fraction of sp³-hybridized carbons (Fsp3) is 0.579. The third-order valence-corrected chi connectivity index (χ3v) is 6.03. The second kappa shape index (κ2) is 8.13. The topological polar surface area (TPSA) is 73.0 Å². The summed E-state index contributed by atoms with van der Waals surface area (Å²) in [6, 6.07) is -0.132. The summed E-state index contributed by atoms with van der Waals surface area (Å²) >= 11 is 5.92. The lowest BCUT2D eigenvalue weighted by Gasteiger charge is -2.27. The number of halogens is 6. The first-order valence-corrected chi connectivity index (χ1v) is 10.4. The molecule has 0 aromatic carbocycles. The lowest BCUT2D eigenvalue weighted by molar-refractivity contribution is -0.138. The predicted molar refractivity (Wildman–Crippen MR) is 103 cm³/mol. The molecular weight excluding hydrogens is 461 g/mol.